The molecule has 0 radical (unpaired) electrons. The van der Waals surface area contributed by atoms with Crippen LogP contribution in [0.5, 0.6) is 0 Å². The van der Waals surface area contributed by atoms with Crippen LogP contribution in [0.4, 0.5) is 0 Å². The predicted molar refractivity (Wildman–Crippen MR) is 94.9 cm³/mol. The molecule has 1 aromatic heterocycles. The standard InChI is InChI=1S/C14H25N5O.HI/c1-15-13(16-11-14(20)6-4-5-7-14)18(2)9-12-8-17-19(3)10-12;/h8,10,20H,4-7,9,11H2,1-3H3,(H,15,16);1H. The van der Waals surface area contributed by atoms with Gasteiger partial charge in [0.1, 0.15) is 0 Å². The molecule has 7 heteroatoms. The van der Waals surface area contributed by atoms with Crippen LogP contribution in [0.3, 0.4) is 0 Å². The van der Waals surface area contributed by atoms with E-state index in [0.717, 1.165) is 43.8 Å². The van der Waals surface area contributed by atoms with Crippen molar-refractivity contribution in [1.82, 2.24) is 20.0 Å². The van der Waals surface area contributed by atoms with Crippen molar-refractivity contribution in [2.75, 3.05) is 20.6 Å². The van der Waals surface area contributed by atoms with Crippen LogP contribution in [0.15, 0.2) is 17.4 Å². The first-order valence-corrected chi connectivity index (χ1v) is 7.14. The summed E-state index contributed by atoms with van der Waals surface area (Å²) in [7, 11) is 5.66. The second-order valence-corrected chi connectivity index (χ2v) is 5.71. The van der Waals surface area contributed by atoms with E-state index in [0.29, 0.717) is 6.54 Å². The summed E-state index contributed by atoms with van der Waals surface area (Å²) in [6, 6.07) is 0. The van der Waals surface area contributed by atoms with Gasteiger partial charge in [0.2, 0.25) is 0 Å². The molecule has 1 heterocycles. The van der Waals surface area contributed by atoms with Gasteiger partial charge in [0.15, 0.2) is 5.96 Å². The molecule has 2 N–H and O–H groups in total. The molecule has 0 atom stereocenters. The Morgan fingerprint density at radius 2 is 2.19 bits per heavy atom. The second kappa shape index (κ2) is 7.98. The number of nitrogens with one attached hydrogen (secondary N) is 1. The minimum Gasteiger partial charge on any atom is -0.388 e. The summed E-state index contributed by atoms with van der Waals surface area (Å²) >= 11 is 0. The van der Waals surface area contributed by atoms with Crippen molar-refractivity contribution in [3.63, 3.8) is 0 Å². The van der Waals surface area contributed by atoms with Crippen LogP contribution in [0.1, 0.15) is 31.2 Å². The Bertz CT molecular complexity index is 468. The SMILES string of the molecule is CN=C(NCC1(O)CCCC1)N(C)Cc1cnn(C)c1.I. The van der Waals surface area contributed by atoms with E-state index in [2.05, 4.69) is 15.4 Å². The minimum absolute atomic E-state index is 0. The number of aliphatic imine (C=N–C) groups is 1. The van der Waals surface area contributed by atoms with Crippen molar-refractivity contribution < 1.29 is 5.11 Å². The third-order valence-electron chi connectivity index (χ3n) is 3.86. The third-order valence-corrected chi connectivity index (χ3v) is 3.86. The lowest BCUT2D eigenvalue weighted by molar-refractivity contribution is 0.0516. The first-order chi connectivity index (χ1) is 9.52. The molecular formula is C14H26IN5O. The largest absolute Gasteiger partial charge is 0.388 e. The monoisotopic (exact) mass is 407 g/mol. The van der Waals surface area contributed by atoms with E-state index in [9.17, 15) is 5.11 Å². The lowest BCUT2D eigenvalue weighted by Crippen LogP contribution is -2.46. The quantitative estimate of drug-likeness (QED) is 0.450. The van der Waals surface area contributed by atoms with Crippen molar-refractivity contribution in [3.05, 3.63) is 18.0 Å². The second-order valence-electron chi connectivity index (χ2n) is 5.71. The molecule has 0 spiro atoms. The number of hydrogen-bond acceptors (Lipinski definition) is 3. The summed E-state index contributed by atoms with van der Waals surface area (Å²) in [6.45, 7) is 1.31. The van der Waals surface area contributed by atoms with Gasteiger partial charge in [0.25, 0.3) is 0 Å². The van der Waals surface area contributed by atoms with Gasteiger partial charge >= 0.3 is 0 Å². The molecule has 1 aromatic rings. The number of halogens is 1. The van der Waals surface area contributed by atoms with Crippen LogP contribution in [0, 0.1) is 0 Å². The molecule has 6 nitrogen and oxygen atoms in total. The van der Waals surface area contributed by atoms with Gasteiger partial charge in [-0.3, -0.25) is 9.67 Å². The molecule has 0 aliphatic heterocycles. The van der Waals surface area contributed by atoms with Gasteiger partial charge in [-0.15, -0.1) is 24.0 Å². The normalized spacial score (nSPS) is 17.4. The first-order valence-electron chi connectivity index (χ1n) is 7.14. The Morgan fingerprint density at radius 3 is 2.71 bits per heavy atom. The van der Waals surface area contributed by atoms with Gasteiger partial charge in [0, 0.05) is 46.0 Å². The molecule has 2 rings (SSSR count). The summed E-state index contributed by atoms with van der Waals surface area (Å²) < 4.78 is 1.79. The van der Waals surface area contributed by atoms with Gasteiger partial charge in [-0.2, -0.15) is 5.10 Å². The third kappa shape index (κ3) is 5.14. The van der Waals surface area contributed by atoms with Crippen molar-refractivity contribution >= 4 is 29.9 Å². The van der Waals surface area contributed by atoms with Gasteiger partial charge in [0.05, 0.1) is 11.8 Å². The van der Waals surface area contributed by atoms with E-state index in [4.69, 9.17) is 0 Å². The summed E-state index contributed by atoms with van der Waals surface area (Å²) in [5.74, 6) is 0.800. The molecule has 120 valence electrons. The van der Waals surface area contributed by atoms with Crippen LogP contribution < -0.4 is 5.32 Å². The highest BCUT2D eigenvalue weighted by Gasteiger charge is 2.31. The molecule has 0 aromatic carbocycles. The van der Waals surface area contributed by atoms with Gasteiger partial charge in [-0.05, 0) is 12.8 Å². The molecule has 1 fully saturated rings. The Kier molecular flexibility index (Phi) is 6.92. The smallest absolute Gasteiger partial charge is 0.193 e. The van der Waals surface area contributed by atoms with Crippen LogP contribution >= 0.6 is 24.0 Å². The van der Waals surface area contributed by atoms with Crippen molar-refractivity contribution in [2.24, 2.45) is 12.0 Å². The first kappa shape index (κ1) is 18.2. The maximum atomic E-state index is 10.4. The molecule has 0 amide bonds. The Morgan fingerprint density at radius 1 is 1.52 bits per heavy atom. The fourth-order valence-electron chi connectivity index (χ4n) is 2.74. The van der Waals surface area contributed by atoms with E-state index >= 15 is 0 Å². The van der Waals surface area contributed by atoms with E-state index in [1.807, 2.05) is 31.4 Å². The highest BCUT2D eigenvalue weighted by atomic mass is 127. The van der Waals surface area contributed by atoms with Crippen molar-refractivity contribution in [1.29, 1.82) is 0 Å². The number of nitrogens with zero attached hydrogens (tertiary/aromatic N) is 4. The van der Waals surface area contributed by atoms with E-state index in [-0.39, 0.29) is 24.0 Å². The summed E-state index contributed by atoms with van der Waals surface area (Å²) in [4.78, 5) is 6.31. The van der Waals surface area contributed by atoms with Crippen LogP contribution in [0.25, 0.3) is 0 Å². The van der Waals surface area contributed by atoms with Crippen molar-refractivity contribution in [2.45, 2.75) is 37.8 Å². The fourth-order valence-corrected chi connectivity index (χ4v) is 2.74. The molecule has 1 aliphatic carbocycles. The molecule has 0 bridgehead atoms. The molecule has 0 unspecified atom stereocenters. The highest BCUT2D eigenvalue weighted by molar-refractivity contribution is 14.0. The summed E-state index contributed by atoms with van der Waals surface area (Å²) in [5.41, 5.74) is 0.572. The average Bonchev–Trinajstić information content (AvgIpc) is 3.00. The molecule has 1 aliphatic rings. The zero-order chi connectivity index (χ0) is 14.6. The Labute approximate surface area is 143 Å². The predicted octanol–water partition coefficient (Wildman–Crippen LogP) is 1.35. The van der Waals surface area contributed by atoms with Gasteiger partial charge in [-0.1, -0.05) is 12.8 Å². The van der Waals surface area contributed by atoms with E-state index in [1.54, 1.807) is 11.7 Å². The van der Waals surface area contributed by atoms with Gasteiger partial charge in [-0.25, -0.2) is 0 Å². The van der Waals surface area contributed by atoms with Crippen molar-refractivity contribution in [3.8, 4) is 0 Å². The maximum absolute atomic E-state index is 10.4. The maximum Gasteiger partial charge on any atom is 0.193 e. The number of aromatic nitrogens is 2. The Hall–Kier alpha value is -0.830. The van der Waals surface area contributed by atoms with E-state index in [1.165, 1.54) is 0 Å². The number of guanidine groups is 1. The van der Waals surface area contributed by atoms with E-state index < -0.39 is 5.60 Å². The Balaban J connectivity index is 0.00000220. The molecule has 1 saturated carbocycles. The summed E-state index contributed by atoms with van der Waals surface area (Å²) in [5, 5.41) is 17.8. The highest BCUT2D eigenvalue weighted by Crippen LogP contribution is 2.28. The van der Waals surface area contributed by atoms with Crippen LogP contribution in [-0.2, 0) is 13.6 Å². The van der Waals surface area contributed by atoms with Crippen LogP contribution in [0.2, 0.25) is 0 Å². The molecule has 0 saturated heterocycles. The van der Waals surface area contributed by atoms with Crippen LogP contribution in [-0.4, -0.2) is 52.0 Å². The lowest BCUT2D eigenvalue weighted by atomic mass is 10.0. The molecule has 21 heavy (non-hydrogen) atoms. The number of hydrogen-bond donors (Lipinski definition) is 2. The number of aliphatic hydroxyl groups is 1. The topological polar surface area (TPSA) is 65.7 Å². The summed E-state index contributed by atoms with van der Waals surface area (Å²) in [6.07, 6.45) is 7.83. The number of rotatable bonds is 4. The minimum atomic E-state index is -0.564. The fraction of sp³-hybridized carbons (Fsp3) is 0.714. The zero-order valence-electron chi connectivity index (χ0n) is 13.0. The molecular weight excluding hydrogens is 381 g/mol. The number of aryl methyl sites for hydroxylation is 1. The van der Waals surface area contributed by atoms with Gasteiger partial charge < -0.3 is 15.3 Å². The zero-order valence-corrected chi connectivity index (χ0v) is 15.4. The average molecular weight is 407 g/mol. The lowest BCUT2D eigenvalue weighted by Gasteiger charge is -2.27.